The minimum absolute atomic E-state index is 0.0198. The zero-order chi connectivity index (χ0) is 107. The van der Waals surface area contributed by atoms with Gasteiger partial charge in [0.15, 0.2) is 0 Å². The predicted molar refractivity (Wildman–Crippen MR) is 587 cm³/mol. The lowest BCUT2D eigenvalue weighted by molar-refractivity contribution is -0.203. The van der Waals surface area contributed by atoms with Crippen molar-refractivity contribution in [3.8, 4) is 0 Å². The molecule has 0 aromatic carbocycles. The minimum Gasteiger partial charge on any atom is -0.396 e. The average Bonchev–Trinajstić information content (AvgIpc) is 1.69. The highest BCUT2D eigenvalue weighted by Gasteiger charge is 2.73. The zero-order valence-electron chi connectivity index (χ0n) is 96.8. The Morgan fingerprint density at radius 3 is 0.592 bits per heavy atom. The van der Waals surface area contributed by atoms with Gasteiger partial charge in [0.1, 0.15) is 0 Å². The molecule has 0 aromatic rings. The van der Waals surface area contributed by atoms with Gasteiger partial charge in [-0.3, -0.25) is 4.55 Å². The molecule has 20 fully saturated rings. The highest BCUT2D eigenvalue weighted by atomic mass is 32.3. The van der Waals surface area contributed by atoms with Gasteiger partial charge < -0.3 is 71.5 Å². The lowest BCUT2D eigenvalue weighted by atomic mass is 9.41. The SMILES string of the molecule is CC[C@@H]1[C@H](O)C2C3CC[C@H]([C@H](C)CCCO)[C@@]3(C)CCC2[C@@]2(C)CC[C@H](O)C[C@@H]12.CC[C@H]1[C@@H](O)C2C3CC[C@H]([C@H](C)CCCO)[C@@]3(C)CCC2[C@@]2(C)CC[C@H](O)C[C@@H]12.CC[C@H]1[C@@H](O)C2C3CC[C@H]([C@H](C)CCO)[C@@]3(C)CCC2[C@@]2(C)CC[C@H](O)C[C@@H]12.CC[C@H]1[C@@H](O)C2C3CC[C@H]([C@H](C)CCOS(=O)(=O)O)[C@@]3(C)CCC2[C@@]2(C)CC[C@H](O)C[C@@H]12.CC[C@H]1[C@H](O)C2C3CC[C@H]([C@H](C)CCCO)[C@@]3(C)CCC2[C@@]2(C)CC[C@H](O)C[C@@H]12. The van der Waals surface area contributed by atoms with E-state index >= 15 is 0 Å². The molecule has 0 bridgehead atoms. The van der Waals surface area contributed by atoms with E-state index in [-0.39, 0.29) is 84.4 Å². The summed E-state index contributed by atoms with van der Waals surface area (Å²) in [7, 11) is -4.39. The van der Waals surface area contributed by atoms with Crippen molar-refractivity contribution in [2.24, 2.45) is 261 Å². The summed E-state index contributed by atoms with van der Waals surface area (Å²) in [6.45, 7) is 49.3. The van der Waals surface area contributed by atoms with E-state index in [9.17, 15) is 79.9 Å². The van der Waals surface area contributed by atoms with Crippen LogP contribution in [0, 0.1) is 261 Å². The van der Waals surface area contributed by atoms with Gasteiger partial charge in [-0.1, -0.05) is 171 Å². The smallest absolute Gasteiger partial charge is 0.396 e. The van der Waals surface area contributed by atoms with Crippen molar-refractivity contribution in [3.05, 3.63) is 0 Å². The van der Waals surface area contributed by atoms with Gasteiger partial charge in [-0.15, -0.1) is 0 Å². The molecule has 0 aliphatic heterocycles. The Labute approximate surface area is 895 Å². The van der Waals surface area contributed by atoms with Gasteiger partial charge in [-0.2, -0.15) is 8.42 Å². The summed E-state index contributed by atoms with van der Waals surface area (Å²) < 4.78 is 35.4. The van der Waals surface area contributed by atoms with Crippen LogP contribution in [0.25, 0.3) is 0 Å². The van der Waals surface area contributed by atoms with Crippen molar-refractivity contribution < 1.29 is 88.6 Å². The third-order valence-corrected chi connectivity index (χ3v) is 55.1. The normalized spacial score (nSPS) is 52.6. The molecule has 15 unspecified atom stereocenters. The van der Waals surface area contributed by atoms with Gasteiger partial charge in [0.2, 0.25) is 0 Å². The lowest BCUT2D eigenvalue weighted by Gasteiger charge is -2.64. The van der Waals surface area contributed by atoms with Crippen LogP contribution >= 0.6 is 0 Å². The maximum atomic E-state index is 11.7. The van der Waals surface area contributed by atoms with Crippen molar-refractivity contribution >= 4 is 10.4 Å². The first kappa shape index (κ1) is 119. The summed E-state index contributed by atoms with van der Waals surface area (Å²) in [6, 6.07) is 0. The van der Waals surface area contributed by atoms with Crippen LogP contribution in [0.1, 0.15) is 447 Å². The molecule has 20 rings (SSSR count). The molecule has 20 aliphatic rings. The zero-order valence-corrected chi connectivity index (χ0v) is 97.6. The molecule has 55 atom stereocenters. The molecule has 19 heteroatoms. The van der Waals surface area contributed by atoms with Crippen LogP contribution in [0.4, 0.5) is 0 Å². The van der Waals surface area contributed by atoms with Gasteiger partial charge in [0.25, 0.3) is 0 Å². The lowest BCUT2D eigenvalue weighted by Crippen LogP contribution is -2.62. The molecule has 147 heavy (non-hydrogen) atoms. The fourth-order valence-corrected chi connectivity index (χ4v) is 47.8. The van der Waals surface area contributed by atoms with Crippen LogP contribution < -0.4 is 0 Å². The second-order valence-electron chi connectivity index (χ2n) is 59.6. The van der Waals surface area contributed by atoms with Crippen LogP contribution in [0.2, 0.25) is 0 Å². The molecule has 18 nitrogen and oxygen atoms in total. The van der Waals surface area contributed by atoms with Crippen LogP contribution in [-0.2, 0) is 14.6 Å². The van der Waals surface area contributed by atoms with Crippen molar-refractivity contribution in [1.82, 2.24) is 0 Å². The third-order valence-electron chi connectivity index (χ3n) is 54.6. The monoisotopic (exact) mass is 2080 g/mol. The summed E-state index contributed by atoms with van der Waals surface area (Å²) >= 11 is 0. The topological polar surface area (TPSA) is 347 Å². The molecule has 20 aliphatic carbocycles. The molecular formula is C128H226O18S. The van der Waals surface area contributed by atoms with Gasteiger partial charge in [-0.05, 0) is 537 Å². The molecule has 20 saturated carbocycles. The van der Waals surface area contributed by atoms with Crippen molar-refractivity contribution in [3.63, 3.8) is 0 Å². The quantitative estimate of drug-likeness (QED) is 0.0378. The second-order valence-corrected chi connectivity index (χ2v) is 60.7. The fraction of sp³-hybridized carbons (Fsp3) is 1.00. The molecule has 0 heterocycles. The van der Waals surface area contributed by atoms with E-state index in [1.807, 2.05) is 0 Å². The first-order valence-electron chi connectivity index (χ1n) is 63.4. The molecule has 852 valence electrons. The van der Waals surface area contributed by atoms with Gasteiger partial charge in [-0.25, -0.2) is 4.18 Å². The Kier molecular flexibility index (Phi) is 37.8. The van der Waals surface area contributed by atoms with E-state index < -0.39 is 10.4 Å². The summed E-state index contributed by atoms with van der Waals surface area (Å²) in [5.41, 5.74) is 2.93. The van der Waals surface area contributed by atoms with E-state index in [1.54, 1.807) is 0 Å². The van der Waals surface area contributed by atoms with Crippen LogP contribution in [0.5, 0.6) is 0 Å². The Morgan fingerprint density at radius 1 is 0.238 bits per heavy atom. The first-order chi connectivity index (χ1) is 69.5. The van der Waals surface area contributed by atoms with Gasteiger partial charge in [0.05, 0.1) is 67.6 Å². The number of fused-ring (bicyclic) bond motifs is 25. The Balaban J connectivity index is 0.000000131. The van der Waals surface area contributed by atoms with E-state index in [0.29, 0.717) is 260 Å². The molecule has 0 aromatic heterocycles. The Morgan fingerprint density at radius 2 is 0.415 bits per heavy atom. The molecular weight excluding hydrogens is 1860 g/mol. The Hall–Kier alpha value is -0.690. The molecule has 0 radical (unpaired) electrons. The first-order valence-corrected chi connectivity index (χ1v) is 64.7. The number of hydrogen-bond donors (Lipinski definition) is 15. The Bertz CT molecular complexity index is 4070. The summed E-state index contributed by atoms with van der Waals surface area (Å²) in [5.74, 6) is 18.5. The number of aliphatic hydroxyl groups is 14. The van der Waals surface area contributed by atoms with Crippen LogP contribution in [-0.4, -0.2) is 179 Å². The largest absolute Gasteiger partial charge is 0.397 e. The van der Waals surface area contributed by atoms with E-state index in [2.05, 4.69) is 143 Å². The van der Waals surface area contributed by atoms with Gasteiger partial charge >= 0.3 is 10.4 Å². The highest BCUT2D eigenvalue weighted by molar-refractivity contribution is 7.80. The molecule has 15 N–H and O–H groups in total. The predicted octanol–water partition coefficient (Wildman–Crippen LogP) is 24.2. The number of aliphatic hydroxyl groups excluding tert-OH is 14. The maximum Gasteiger partial charge on any atom is 0.397 e. The van der Waals surface area contributed by atoms with Crippen molar-refractivity contribution in [1.29, 1.82) is 0 Å². The standard InChI is InChI=1S/3C26H46O3.C25H44O6S.C25H44O3/c3*1-5-18-22-15-17(28)10-12-26(22,4)21-11-13-25(3)19(16(2)7-6-14-27)8-9-20(25)23(21)24(18)29;1-5-17-21-14-16(26)8-11-25(21,4)20-9-12-24(3)18(6-7-19(24)22(20)23(17)27)15(2)10-13-31-32(28,29)30;1-5-17-21-14-16(27)8-11-25(21,4)20-9-12-24(3)18(15(2)10-13-26)6-7-19(24)22(20)23(17)28/h3*16-24,27-29H,5-15H2,1-4H3;15-23,26-27H,5-14H2,1-4H3,(H,28,29,30);15-23,26-28H,5-14H2,1-4H3/t16-,17+,18+,19-,20?,21?,22+,23?,24+,25-,26-;16-,17+,18-,19-,20?,21?,22+,23?,24+,25-,26-;16-,17+,18-,19-,20?,21?,22+,23?,24-,25-,26-;2*15-,16+,17-,18-,19?,20?,21+,22?,23-,24-,25-/m11111/s1. The number of rotatable bonds is 25. The second kappa shape index (κ2) is 46.8. The van der Waals surface area contributed by atoms with Crippen LogP contribution in [0.3, 0.4) is 0 Å². The fourth-order valence-electron chi connectivity index (χ4n) is 47.5. The molecule has 0 spiro atoms. The molecule has 0 saturated heterocycles. The highest BCUT2D eigenvalue weighted by Crippen LogP contribution is 2.78. The van der Waals surface area contributed by atoms with Crippen molar-refractivity contribution in [2.45, 2.75) is 508 Å². The van der Waals surface area contributed by atoms with Crippen molar-refractivity contribution in [2.75, 3.05) is 33.0 Å². The third kappa shape index (κ3) is 21.1. The molecule has 0 amide bonds. The minimum atomic E-state index is -4.39. The summed E-state index contributed by atoms with van der Waals surface area (Å²) in [6.07, 6.45) is 50.7. The van der Waals surface area contributed by atoms with Gasteiger partial charge in [0, 0.05) is 26.4 Å². The number of hydrogen-bond acceptors (Lipinski definition) is 17. The van der Waals surface area contributed by atoms with E-state index in [4.69, 9.17) is 4.55 Å². The summed E-state index contributed by atoms with van der Waals surface area (Å²) in [5, 5.41) is 148. The average molecular weight is 2090 g/mol. The summed E-state index contributed by atoms with van der Waals surface area (Å²) in [4.78, 5) is 0. The van der Waals surface area contributed by atoms with E-state index in [0.717, 1.165) is 217 Å². The maximum absolute atomic E-state index is 11.7. The van der Waals surface area contributed by atoms with E-state index in [1.165, 1.54) is 103 Å². The van der Waals surface area contributed by atoms with Crippen LogP contribution in [0.15, 0.2) is 0 Å².